The molecule has 1 fully saturated rings. The van der Waals surface area contributed by atoms with Crippen LogP contribution in [0.5, 0.6) is 17.2 Å². The molecule has 0 spiro atoms. The number of methoxy groups -OCH3 is 4. The number of piperidine rings is 1. The minimum absolute atomic E-state index is 0.113. The normalized spacial score (nSPS) is 13.8. The van der Waals surface area contributed by atoms with E-state index in [-0.39, 0.29) is 18.0 Å². The fraction of sp³-hybridized carbons (Fsp3) is 0.412. The molecule has 2 amide bonds. The average molecular weight is 591 g/mol. The molecule has 230 valence electrons. The predicted molar refractivity (Wildman–Crippen MR) is 166 cm³/mol. The van der Waals surface area contributed by atoms with Crippen molar-refractivity contribution in [3.8, 4) is 28.4 Å². The molecule has 0 aliphatic carbocycles. The van der Waals surface area contributed by atoms with Gasteiger partial charge in [-0.3, -0.25) is 4.79 Å². The number of carbonyl (C=O) groups is 2. The maximum Gasteiger partial charge on any atom is 0.410 e. The second kappa shape index (κ2) is 13.8. The van der Waals surface area contributed by atoms with Gasteiger partial charge in [-0.05, 0) is 93.3 Å². The Balaban J connectivity index is 1.66. The molecule has 0 atom stereocenters. The van der Waals surface area contributed by atoms with Crippen LogP contribution in [0.2, 0.25) is 0 Å². The van der Waals surface area contributed by atoms with E-state index in [9.17, 15) is 9.59 Å². The van der Waals surface area contributed by atoms with E-state index in [2.05, 4.69) is 0 Å². The van der Waals surface area contributed by atoms with Crippen molar-refractivity contribution in [2.75, 3.05) is 46.4 Å². The number of hydrogen-bond donors (Lipinski definition) is 0. The minimum Gasteiger partial charge on any atom is -0.497 e. The van der Waals surface area contributed by atoms with Gasteiger partial charge in [-0.1, -0.05) is 12.1 Å². The Kier molecular flexibility index (Phi) is 10.2. The highest BCUT2D eigenvalue weighted by Crippen LogP contribution is 2.37. The standard InChI is InChI=1S/C34H42N2O7/c1-34(2,3)43-33(38)35-17-15-28(16-18-35)36(27-11-13-29(40-5)14-12-27)32(37)24-10-8-9-23(19-24)25-20-26(22-39-4)31(42-7)30(21-25)41-6/h8-14,19-21,28H,15-18,22H2,1-7H3. The van der Waals surface area contributed by atoms with Crippen molar-refractivity contribution in [1.82, 2.24) is 4.90 Å². The zero-order valence-electron chi connectivity index (χ0n) is 26.1. The third kappa shape index (κ3) is 7.59. The molecule has 1 heterocycles. The lowest BCUT2D eigenvalue weighted by Gasteiger charge is -2.39. The molecule has 0 saturated carbocycles. The summed E-state index contributed by atoms with van der Waals surface area (Å²) in [6, 6.07) is 18.8. The van der Waals surface area contributed by atoms with Crippen LogP contribution in [-0.4, -0.2) is 70.1 Å². The third-order valence-electron chi connectivity index (χ3n) is 7.35. The Labute approximate surface area is 254 Å². The molecular formula is C34H42N2O7. The van der Waals surface area contributed by atoms with Gasteiger partial charge in [-0.15, -0.1) is 0 Å². The molecule has 0 aromatic heterocycles. The SMILES string of the molecule is COCc1cc(-c2cccc(C(=O)N(c3ccc(OC)cc3)C3CCN(C(=O)OC(C)(C)C)CC3)c2)cc(OC)c1OC. The maximum absolute atomic E-state index is 14.3. The van der Waals surface area contributed by atoms with Crippen LogP contribution in [0.15, 0.2) is 60.7 Å². The summed E-state index contributed by atoms with van der Waals surface area (Å²) >= 11 is 0. The number of nitrogens with zero attached hydrogens (tertiary/aromatic N) is 2. The van der Waals surface area contributed by atoms with Crippen LogP contribution >= 0.6 is 0 Å². The molecule has 43 heavy (non-hydrogen) atoms. The van der Waals surface area contributed by atoms with Gasteiger partial charge in [0.05, 0.1) is 27.9 Å². The van der Waals surface area contributed by atoms with Crippen LogP contribution in [0.25, 0.3) is 11.1 Å². The molecule has 9 heteroatoms. The Morgan fingerprint density at radius 3 is 2.14 bits per heavy atom. The summed E-state index contributed by atoms with van der Waals surface area (Å²) in [6.07, 6.45) is 0.906. The molecule has 1 aliphatic rings. The van der Waals surface area contributed by atoms with Crippen molar-refractivity contribution in [2.24, 2.45) is 0 Å². The highest BCUT2D eigenvalue weighted by molar-refractivity contribution is 6.07. The van der Waals surface area contributed by atoms with E-state index < -0.39 is 5.60 Å². The molecule has 0 bridgehead atoms. The van der Waals surface area contributed by atoms with Crippen molar-refractivity contribution in [2.45, 2.75) is 51.9 Å². The van der Waals surface area contributed by atoms with Gasteiger partial charge in [0.2, 0.25) is 0 Å². The third-order valence-corrected chi connectivity index (χ3v) is 7.35. The van der Waals surface area contributed by atoms with Gasteiger partial charge in [-0.2, -0.15) is 0 Å². The van der Waals surface area contributed by atoms with Gasteiger partial charge in [0.1, 0.15) is 11.4 Å². The lowest BCUT2D eigenvalue weighted by Crippen LogP contribution is -2.50. The number of carbonyl (C=O) groups excluding carboxylic acids is 2. The van der Waals surface area contributed by atoms with Crippen LogP contribution in [0.1, 0.15) is 49.5 Å². The van der Waals surface area contributed by atoms with Crippen LogP contribution in [0, 0.1) is 0 Å². The highest BCUT2D eigenvalue weighted by Gasteiger charge is 2.33. The Bertz CT molecular complexity index is 1410. The van der Waals surface area contributed by atoms with Crippen LogP contribution in [0.3, 0.4) is 0 Å². The van der Waals surface area contributed by atoms with Crippen molar-refractivity contribution in [3.05, 3.63) is 71.8 Å². The number of benzene rings is 3. The summed E-state index contributed by atoms with van der Waals surface area (Å²) in [4.78, 5) is 30.6. The van der Waals surface area contributed by atoms with Gasteiger partial charge < -0.3 is 33.5 Å². The zero-order chi connectivity index (χ0) is 31.1. The van der Waals surface area contributed by atoms with Gasteiger partial charge in [0, 0.05) is 43.1 Å². The van der Waals surface area contributed by atoms with Crippen molar-refractivity contribution >= 4 is 17.7 Å². The van der Waals surface area contributed by atoms with Crippen LogP contribution in [0.4, 0.5) is 10.5 Å². The Morgan fingerprint density at radius 1 is 0.860 bits per heavy atom. The Hall–Kier alpha value is -4.24. The summed E-state index contributed by atoms with van der Waals surface area (Å²) < 4.78 is 27.5. The second-order valence-electron chi connectivity index (χ2n) is 11.5. The van der Waals surface area contributed by atoms with Gasteiger partial charge in [-0.25, -0.2) is 4.79 Å². The zero-order valence-corrected chi connectivity index (χ0v) is 26.1. The van der Waals surface area contributed by atoms with Crippen molar-refractivity contribution < 1.29 is 33.3 Å². The van der Waals surface area contributed by atoms with Crippen molar-refractivity contribution in [1.29, 1.82) is 0 Å². The van der Waals surface area contributed by atoms with Crippen molar-refractivity contribution in [3.63, 3.8) is 0 Å². The van der Waals surface area contributed by atoms with Gasteiger partial charge in [0.25, 0.3) is 5.91 Å². The van der Waals surface area contributed by atoms with E-state index in [1.807, 2.05) is 86.3 Å². The summed E-state index contributed by atoms with van der Waals surface area (Å²) in [5.74, 6) is 1.78. The largest absolute Gasteiger partial charge is 0.497 e. The smallest absolute Gasteiger partial charge is 0.410 e. The molecule has 3 aromatic rings. The van der Waals surface area contributed by atoms with E-state index in [1.54, 1.807) is 33.3 Å². The quantitative estimate of drug-likeness (QED) is 0.279. The number of amides is 2. The number of hydrogen-bond acceptors (Lipinski definition) is 7. The summed E-state index contributed by atoms with van der Waals surface area (Å²) in [5, 5.41) is 0. The molecular weight excluding hydrogens is 548 g/mol. The summed E-state index contributed by atoms with van der Waals surface area (Å²) in [6.45, 7) is 6.91. The van der Waals surface area contributed by atoms with Crippen LogP contribution < -0.4 is 19.1 Å². The average Bonchev–Trinajstić information content (AvgIpc) is 3.00. The monoisotopic (exact) mass is 590 g/mol. The molecule has 9 nitrogen and oxygen atoms in total. The van der Waals surface area contributed by atoms with Crippen LogP contribution in [-0.2, 0) is 16.1 Å². The molecule has 0 N–H and O–H groups in total. The van der Waals surface area contributed by atoms with E-state index in [1.165, 1.54) is 0 Å². The predicted octanol–water partition coefficient (Wildman–Crippen LogP) is 6.57. The van der Waals surface area contributed by atoms with Gasteiger partial charge in [0.15, 0.2) is 11.5 Å². The topological polar surface area (TPSA) is 86.8 Å². The molecule has 1 aliphatic heterocycles. The lowest BCUT2D eigenvalue weighted by molar-refractivity contribution is 0.0205. The molecule has 0 unspecified atom stereocenters. The van der Waals surface area contributed by atoms with E-state index in [0.29, 0.717) is 55.4 Å². The van der Waals surface area contributed by atoms with Gasteiger partial charge >= 0.3 is 6.09 Å². The maximum atomic E-state index is 14.3. The number of ether oxygens (including phenoxy) is 5. The first-order chi connectivity index (χ1) is 20.6. The van der Waals surface area contributed by atoms with E-state index >= 15 is 0 Å². The first kappa shape index (κ1) is 31.7. The highest BCUT2D eigenvalue weighted by atomic mass is 16.6. The first-order valence-electron chi connectivity index (χ1n) is 14.4. The first-order valence-corrected chi connectivity index (χ1v) is 14.4. The minimum atomic E-state index is -0.567. The lowest BCUT2D eigenvalue weighted by atomic mass is 9.98. The molecule has 3 aromatic carbocycles. The van der Waals surface area contributed by atoms with E-state index in [0.717, 1.165) is 22.4 Å². The fourth-order valence-corrected chi connectivity index (χ4v) is 5.31. The molecule has 4 rings (SSSR count). The summed E-state index contributed by atoms with van der Waals surface area (Å²) in [5.41, 5.74) is 3.32. The second-order valence-corrected chi connectivity index (χ2v) is 11.5. The fourth-order valence-electron chi connectivity index (χ4n) is 5.31. The molecule has 0 radical (unpaired) electrons. The Morgan fingerprint density at radius 2 is 1.56 bits per heavy atom. The number of likely N-dealkylation sites (tertiary alicyclic amines) is 1. The summed E-state index contributed by atoms with van der Waals surface area (Å²) in [7, 11) is 6.44. The van der Waals surface area contributed by atoms with E-state index in [4.69, 9.17) is 23.7 Å². The number of rotatable bonds is 9. The molecule has 1 saturated heterocycles. The number of anilines is 1.